The molecule has 1 saturated carbocycles. The number of hydrogen-bond donors (Lipinski definition) is 1. The van der Waals surface area contributed by atoms with E-state index in [9.17, 15) is 4.79 Å². The Morgan fingerprint density at radius 3 is 2.65 bits per heavy atom. The van der Waals surface area contributed by atoms with Gasteiger partial charge in [-0.2, -0.15) is 10.2 Å². The molecule has 6 nitrogen and oxygen atoms in total. The Morgan fingerprint density at radius 2 is 1.90 bits per heavy atom. The molecular formula is C25H25N5O. The average Bonchev–Trinajstić information content (AvgIpc) is 3.32. The molecule has 2 atom stereocenters. The molecular weight excluding hydrogens is 386 g/mol. The monoisotopic (exact) mass is 411 g/mol. The predicted molar refractivity (Wildman–Crippen MR) is 121 cm³/mol. The van der Waals surface area contributed by atoms with E-state index in [1.54, 1.807) is 4.68 Å². The van der Waals surface area contributed by atoms with E-state index in [4.69, 9.17) is 5.10 Å². The predicted octanol–water partition coefficient (Wildman–Crippen LogP) is 4.38. The van der Waals surface area contributed by atoms with Crippen LogP contribution in [-0.4, -0.2) is 25.5 Å². The maximum Gasteiger partial charge on any atom is 0.229 e. The third-order valence-electron chi connectivity index (χ3n) is 5.91. The SMILES string of the molecule is Cc1ccccc1-c1cc(NC(=O)C2CC2c2cnn(C)c2)n(Cc2ccccc2)n1. The van der Waals surface area contributed by atoms with Gasteiger partial charge < -0.3 is 5.32 Å². The van der Waals surface area contributed by atoms with E-state index in [0.717, 1.165) is 40.2 Å². The highest BCUT2D eigenvalue weighted by Crippen LogP contribution is 2.47. The Labute approximate surface area is 181 Å². The zero-order valence-electron chi connectivity index (χ0n) is 17.7. The lowest BCUT2D eigenvalue weighted by atomic mass is 10.1. The molecule has 156 valence electrons. The standard InChI is InChI=1S/C25H25N5O/c1-17-8-6-7-11-20(17)23-13-24(30(28-23)15-18-9-4-3-5-10-18)27-25(31)22-12-21(22)19-14-26-29(2)16-19/h3-11,13-14,16,21-22H,12,15H2,1-2H3,(H,27,31). The summed E-state index contributed by atoms with van der Waals surface area (Å²) >= 11 is 0. The number of rotatable bonds is 6. The zero-order chi connectivity index (χ0) is 21.4. The van der Waals surface area contributed by atoms with Gasteiger partial charge in [-0.25, -0.2) is 4.68 Å². The summed E-state index contributed by atoms with van der Waals surface area (Å²) in [6.45, 7) is 2.67. The lowest BCUT2D eigenvalue weighted by Gasteiger charge is -2.09. The first-order valence-corrected chi connectivity index (χ1v) is 10.6. The molecule has 1 amide bonds. The van der Waals surface area contributed by atoms with E-state index in [-0.39, 0.29) is 17.7 Å². The van der Waals surface area contributed by atoms with E-state index in [1.165, 1.54) is 0 Å². The fourth-order valence-electron chi connectivity index (χ4n) is 4.09. The second kappa shape index (κ2) is 7.87. The van der Waals surface area contributed by atoms with Crippen LogP contribution in [0, 0.1) is 12.8 Å². The van der Waals surface area contributed by atoms with Crippen molar-refractivity contribution in [2.75, 3.05) is 5.32 Å². The molecule has 1 aliphatic rings. The number of aryl methyl sites for hydroxylation is 2. The van der Waals surface area contributed by atoms with Crippen molar-refractivity contribution in [2.24, 2.45) is 13.0 Å². The van der Waals surface area contributed by atoms with Gasteiger partial charge in [-0.05, 0) is 36.0 Å². The van der Waals surface area contributed by atoms with Gasteiger partial charge in [-0.15, -0.1) is 0 Å². The van der Waals surface area contributed by atoms with E-state index in [0.29, 0.717) is 6.54 Å². The van der Waals surface area contributed by atoms with Gasteiger partial charge in [0.2, 0.25) is 5.91 Å². The fourth-order valence-corrected chi connectivity index (χ4v) is 4.09. The van der Waals surface area contributed by atoms with Gasteiger partial charge in [0.15, 0.2) is 0 Å². The van der Waals surface area contributed by atoms with Crippen LogP contribution < -0.4 is 5.32 Å². The molecule has 31 heavy (non-hydrogen) atoms. The Balaban J connectivity index is 1.41. The van der Waals surface area contributed by atoms with Gasteiger partial charge in [0.1, 0.15) is 5.82 Å². The van der Waals surface area contributed by atoms with Crippen LogP contribution in [0.3, 0.4) is 0 Å². The third-order valence-corrected chi connectivity index (χ3v) is 5.91. The summed E-state index contributed by atoms with van der Waals surface area (Å²) in [6, 6.07) is 20.3. The van der Waals surface area contributed by atoms with Gasteiger partial charge in [-0.3, -0.25) is 9.48 Å². The number of nitrogens with zero attached hydrogens (tertiary/aromatic N) is 4. The normalized spacial score (nSPS) is 17.5. The van der Waals surface area contributed by atoms with Gasteiger partial charge in [-0.1, -0.05) is 54.6 Å². The van der Waals surface area contributed by atoms with Crippen molar-refractivity contribution in [1.29, 1.82) is 0 Å². The molecule has 2 aromatic carbocycles. The van der Waals surface area contributed by atoms with E-state index in [1.807, 2.05) is 60.5 Å². The van der Waals surface area contributed by atoms with Crippen molar-refractivity contribution < 1.29 is 4.79 Å². The first-order chi connectivity index (χ1) is 15.1. The first kappa shape index (κ1) is 19.3. The summed E-state index contributed by atoms with van der Waals surface area (Å²) in [7, 11) is 1.90. The lowest BCUT2D eigenvalue weighted by Crippen LogP contribution is -2.18. The summed E-state index contributed by atoms with van der Waals surface area (Å²) in [4.78, 5) is 13.0. The van der Waals surface area contributed by atoms with E-state index >= 15 is 0 Å². The van der Waals surface area contributed by atoms with Crippen LogP contribution in [0.4, 0.5) is 5.82 Å². The van der Waals surface area contributed by atoms with Crippen molar-refractivity contribution in [3.63, 3.8) is 0 Å². The van der Waals surface area contributed by atoms with Crippen molar-refractivity contribution >= 4 is 11.7 Å². The molecule has 4 aromatic rings. The minimum absolute atomic E-state index is 0.0220. The molecule has 0 radical (unpaired) electrons. The molecule has 0 saturated heterocycles. The number of hydrogen-bond acceptors (Lipinski definition) is 3. The summed E-state index contributed by atoms with van der Waals surface area (Å²) in [5, 5.41) is 12.2. The Kier molecular flexibility index (Phi) is 4.90. The van der Waals surface area contributed by atoms with E-state index in [2.05, 4.69) is 41.6 Å². The van der Waals surface area contributed by atoms with Crippen molar-refractivity contribution in [2.45, 2.75) is 25.8 Å². The number of carbonyl (C=O) groups is 1. The van der Waals surface area contributed by atoms with E-state index < -0.39 is 0 Å². The maximum absolute atomic E-state index is 13.0. The summed E-state index contributed by atoms with van der Waals surface area (Å²) in [5.74, 6) is 0.990. The summed E-state index contributed by atoms with van der Waals surface area (Å²) in [6.07, 6.45) is 4.71. The fraction of sp³-hybridized carbons (Fsp3) is 0.240. The lowest BCUT2D eigenvalue weighted by molar-refractivity contribution is -0.117. The molecule has 2 heterocycles. The Bertz CT molecular complexity index is 1220. The molecule has 2 unspecified atom stereocenters. The summed E-state index contributed by atoms with van der Waals surface area (Å²) < 4.78 is 3.67. The molecule has 0 spiro atoms. The van der Waals surface area contributed by atoms with Crippen molar-refractivity contribution in [1.82, 2.24) is 19.6 Å². The van der Waals surface area contributed by atoms with Crippen LogP contribution in [0.25, 0.3) is 11.3 Å². The van der Waals surface area contributed by atoms with Crippen LogP contribution >= 0.6 is 0 Å². The van der Waals surface area contributed by atoms with Crippen LogP contribution in [0.5, 0.6) is 0 Å². The second-order valence-electron chi connectivity index (χ2n) is 8.26. The topological polar surface area (TPSA) is 64.7 Å². The average molecular weight is 412 g/mol. The van der Waals surface area contributed by atoms with Crippen LogP contribution in [-0.2, 0) is 18.4 Å². The number of anilines is 1. The third kappa shape index (κ3) is 4.01. The molecule has 5 rings (SSSR count). The number of nitrogens with one attached hydrogen (secondary N) is 1. The van der Waals surface area contributed by atoms with Gasteiger partial charge in [0.05, 0.1) is 18.4 Å². The maximum atomic E-state index is 13.0. The molecule has 6 heteroatoms. The molecule has 2 aromatic heterocycles. The van der Waals surface area contributed by atoms with Crippen LogP contribution in [0.1, 0.15) is 29.0 Å². The van der Waals surface area contributed by atoms with Gasteiger partial charge >= 0.3 is 0 Å². The zero-order valence-corrected chi connectivity index (χ0v) is 17.7. The van der Waals surface area contributed by atoms with Crippen LogP contribution in [0.15, 0.2) is 73.1 Å². The molecule has 1 fully saturated rings. The van der Waals surface area contributed by atoms with Crippen molar-refractivity contribution in [3.05, 3.63) is 89.7 Å². The van der Waals surface area contributed by atoms with Crippen molar-refractivity contribution in [3.8, 4) is 11.3 Å². The highest BCUT2D eigenvalue weighted by atomic mass is 16.2. The minimum Gasteiger partial charge on any atom is -0.311 e. The summed E-state index contributed by atoms with van der Waals surface area (Å²) in [5.41, 5.74) is 5.36. The van der Waals surface area contributed by atoms with Crippen LogP contribution in [0.2, 0.25) is 0 Å². The first-order valence-electron chi connectivity index (χ1n) is 10.6. The molecule has 1 N–H and O–H groups in total. The molecule has 1 aliphatic carbocycles. The Hall–Kier alpha value is -3.67. The smallest absolute Gasteiger partial charge is 0.229 e. The number of aromatic nitrogens is 4. The number of amides is 1. The molecule has 0 aliphatic heterocycles. The van der Waals surface area contributed by atoms with Gasteiger partial charge in [0.25, 0.3) is 0 Å². The number of carbonyl (C=O) groups excluding carboxylic acids is 1. The molecule has 0 bridgehead atoms. The largest absolute Gasteiger partial charge is 0.311 e. The quantitative estimate of drug-likeness (QED) is 0.512. The second-order valence-corrected chi connectivity index (χ2v) is 8.26. The Morgan fingerprint density at radius 1 is 1.13 bits per heavy atom. The van der Waals surface area contributed by atoms with Gasteiger partial charge in [0, 0.05) is 30.8 Å². The minimum atomic E-state index is -0.0220. The number of benzene rings is 2. The highest BCUT2D eigenvalue weighted by molar-refractivity contribution is 5.95. The highest BCUT2D eigenvalue weighted by Gasteiger charge is 2.44.